The van der Waals surface area contributed by atoms with Crippen LogP contribution >= 0.6 is 12.2 Å². The Morgan fingerprint density at radius 2 is 2.29 bits per heavy atom. The second-order valence-electron chi connectivity index (χ2n) is 3.26. The number of rotatable bonds is 6. The van der Waals surface area contributed by atoms with Gasteiger partial charge in [0.15, 0.2) is 0 Å². The maximum Gasteiger partial charge on any atom is 0.208 e. The molecule has 0 atom stereocenters. The van der Waals surface area contributed by atoms with Crippen LogP contribution < -0.4 is 5.73 Å². The first-order valence-electron chi connectivity index (χ1n) is 4.93. The molecular weight excluding hydrogens is 196 g/mol. The largest absolute Gasteiger partial charge is 0.387 e. The van der Waals surface area contributed by atoms with Crippen LogP contribution in [-0.2, 0) is 6.54 Å². The number of nitrogens with two attached hydrogens (primary N) is 1. The first-order chi connectivity index (χ1) is 6.74. The minimum atomic E-state index is 0.261. The second kappa shape index (κ2) is 5.70. The first-order valence-corrected chi connectivity index (χ1v) is 5.34. The van der Waals surface area contributed by atoms with Gasteiger partial charge in [-0.3, -0.25) is 4.68 Å². The lowest BCUT2D eigenvalue weighted by atomic mass is 10.2. The van der Waals surface area contributed by atoms with Gasteiger partial charge >= 0.3 is 0 Å². The summed E-state index contributed by atoms with van der Waals surface area (Å²) in [6.45, 7) is 3.09. The summed E-state index contributed by atoms with van der Waals surface area (Å²) in [4.78, 5) is 4.26. The summed E-state index contributed by atoms with van der Waals surface area (Å²) in [5.74, 6) is 0.468. The quantitative estimate of drug-likeness (QED) is 0.573. The molecule has 0 radical (unpaired) electrons. The van der Waals surface area contributed by atoms with Crippen LogP contribution in [0, 0.1) is 0 Å². The summed E-state index contributed by atoms with van der Waals surface area (Å²) in [7, 11) is 0. The molecule has 1 heterocycles. The molecule has 0 aliphatic carbocycles. The molecule has 5 heteroatoms. The molecule has 1 rings (SSSR count). The molecule has 0 fully saturated rings. The topological polar surface area (TPSA) is 56.7 Å². The van der Waals surface area contributed by atoms with E-state index in [9.17, 15) is 0 Å². The van der Waals surface area contributed by atoms with Crippen molar-refractivity contribution < 1.29 is 0 Å². The van der Waals surface area contributed by atoms with E-state index in [1.54, 1.807) is 11.0 Å². The smallest absolute Gasteiger partial charge is 0.208 e. The van der Waals surface area contributed by atoms with Gasteiger partial charge in [-0.25, -0.2) is 4.98 Å². The van der Waals surface area contributed by atoms with Crippen LogP contribution in [0.5, 0.6) is 0 Å². The summed E-state index contributed by atoms with van der Waals surface area (Å²) < 4.78 is 1.80. The number of aryl methyl sites for hydroxylation is 1. The molecule has 0 amide bonds. The molecule has 0 saturated carbocycles. The van der Waals surface area contributed by atoms with Crippen LogP contribution in [0.25, 0.3) is 0 Å². The average Bonchev–Trinajstić information content (AvgIpc) is 2.61. The van der Waals surface area contributed by atoms with Gasteiger partial charge in [0, 0.05) is 6.54 Å². The van der Waals surface area contributed by atoms with Crippen molar-refractivity contribution >= 4 is 17.2 Å². The van der Waals surface area contributed by atoms with Crippen LogP contribution in [0.3, 0.4) is 0 Å². The van der Waals surface area contributed by atoms with E-state index in [0.29, 0.717) is 5.82 Å². The molecule has 0 bridgehead atoms. The zero-order valence-corrected chi connectivity index (χ0v) is 9.26. The van der Waals surface area contributed by atoms with Crippen molar-refractivity contribution in [1.82, 2.24) is 14.8 Å². The zero-order chi connectivity index (χ0) is 10.4. The van der Waals surface area contributed by atoms with Gasteiger partial charge in [-0.15, -0.1) is 5.10 Å². The molecular formula is C9H16N4S. The van der Waals surface area contributed by atoms with Crippen LogP contribution in [0.15, 0.2) is 6.33 Å². The summed E-state index contributed by atoms with van der Waals surface area (Å²) in [5.41, 5.74) is 5.40. The summed E-state index contributed by atoms with van der Waals surface area (Å²) in [6.07, 6.45) is 6.57. The molecule has 1 aromatic heterocycles. The molecule has 78 valence electrons. The Balaban J connectivity index is 2.33. The highest BCUT2D eigenvalue weighted by molar-refractivity contribution is 7.80. The Morgan fingerprint density at radius 1 is 1.50 bits per heavy atom. The van der Waals surface area contributed by atoms with Gasteiger partial charge in [-0.05, 0) is 6.42 Å². The van der Waals surface area contributed by atoms with Gasteiger partial charge in [0.25, 0.3) is 0 Å². The van der Waals surface area contributed by atoms with E-state index in [0.717, 1.165) is 13.0 Å². The van der Waals surface area contributed by atoms with E-state index < -0.39 is 0 Å². The molecule has 14 heavy (non-hydrogen) atoms. The van der Waals surface area contributed by atoms with Gasteiger partial charge in [-0.2, -0.15) is 0 Å². The van der Waals surface area contributed by atoms with Crippen LogP contribution in [0.4, 0.5) is 0 Å². The molecule has 0 aliphatic rings. The standard InChI is InChI=1S/C9H16N4S/c1-2-3-4-5-6-13-7-11-9(12-13)8(10)14/h7H,2-6H2,1H3,(H2,10,14). The fourth-order valence-corrected chi connectivity index (χ4v) is 1.31. The number of hydrogen-bond donors (Lipinski definition) is 1. The average molecular weight is 212 g/mol. The second-order valence-corrected chi connectivity index (χ2v) is 3.70. The third kappa shape index (κ3) is 3.41. The highest BCUT2D eigenvalue weighted by Gasteiger charge is 2.02. The monoisotopic (exact) mass is 212 g/mol. The highest BCUT2D eigenvalue weighted by atomic mass is 32.1. The van der Waals surface area contributed by atoms with Gasteiger partial charge in [-0.1, -0.05) is 38.4 Å². The summed E-state index contributed by atoms with van der Waals surface area (Å²) in [6, 6.07) is 0. The molecule has 0 unspecified atom stereocenters. The predicted octanol–water partition coefficient (Wildman–Crippen LogP) is 1.49. The van der Waals surface area contributed by atoms with Crippen molar-refractivity contribution in [3.8, 4) is 0 Å². The zero-order valence-electron chi connectivity index (χ0n) is 8.44. The molecule has 1 aromatic rings. The fraction of sp³-hybridized carbons (Fsp3) is 0.667. The minimum Gasteiger partial charge on any atom is -0.387 e. The Bertz CT molecular complexity index is 295. The Hall–Kier alpha value is -0.970. The molecule has 0 saturated heterocycles. The van der Waals surface area contributed by atoms with E-state index in [4.69, 9.17) is 18.0 Å². The molecule has 4 nitrogen and oxygen atoms in total. The number of unbranched alkanes of at least 4 members (excludes halogenated alkanes) is 3. The third-order valence-electron chi connectivity index (χ3n) is 2.00. The van der Waals surface area contributed by atoms with E-state index in [-0.39, 0.29) is 4.99 Å². The van der Waals surface area contributed by atoms with Crippen molar-refractivity contribution in [3.63, 3.8) is 0 Å². The van der Waals surface area contributed by atoms with Gasteiger partial charge in [0.05, 0.1) is 0 Å². The van der Waals surface area contributed by atoms with Crippen molar-refractivity contribution in [2.75, 3.05) is 0 Å². The Labute approximate surface area is 89.5 Å². The van der Waals surface area contributed by atoms with Crippen molar-refractivity contribution in [2.45, 2.75) is 39.2 Å². The lowest BCUT2D eigenvalue weighted by Gasteiger charge is -1.98. The Kier molecular flexibility index (Phi) is 4.52. The van der Waals surface area contributed by atoms with E-state index in [1.165, 1.54) is 19.3 Å². The number of nitrogens with zero attached hydrogens (tertiary/aromatic N) is 3. The summed E-state index contributed by atoms with van der Waals surface area (Å²) >= 11 is 4.77. The van der Waals surface area contributed by atoms with Crippen molar-refractivity contribution in [2.24, 2.45) is 5.73 Å². The van der Waals surface area contributed by atoms with Crippen LogP contribution in [0.2, 0.25) is 0 Å². The lowest BCUT2D eigenvalue weighted by molar-refractivity contribution is 0.540. The van der Waals surface area contributed by atoms with Crippen molar-refractivity contribution in [1.29, 1.82) is 0 Å². The minimum absolute atomic E-state index is 0.261. The lowest BCUT2D eigenvalue weighted by Crippen LogP contribution is -2.12. The fourth-order valence-electron chi connectivity index (χ4n) is 1.22. The Morgan fingerprint density at radius 3 is 2.86 bits per heavy atom. The number of hydrogen-bond acceptors (Lipinski definition) is 3. The third-order valence-corrected chi connectivity index (χ3v) is 2.18. The van der Waals surface area contributed by atoms with Crippen LogP contribution in [0.1, 0.15) is 38.4 Å². The van der Waals surface area contributed by atoms with E-state index in [2.05, 4.69) is 17.0 Å². The van der Waals surface area contributed by atoms with Crippen LogP contribution in [-0.4, -0.2) is 19.8 Å². The molecule has 0 aromatic carbocycles. The molecule has 2 N–H and O–H groups in total. The normalized spacial score (nSPS) is 10.4. The van der Waals surface area contributed by atoms with Gasteiger partial charge < -0.3 is 5.73 Å². The maximum atomic E-state index is 5.40. The first kappa shape index (κ1) is 11.1. The van der Waals surface area contributed by atoms with E-state index in [1.807, 2.05) is 0 Å². The molecule has 0 spiro atoms. The predicted molar refractivity (Wildman–Crippen MR) is 60.1 cm³/mol. The number of thiocarbonyl (C=S) groups is 1. The van der Waals surface area contributed by atoms with Crippen molar-refractivity contribution in [3.05, 3.63) is 12.2 Å². The van der Waals surface area contributed by atoms with Gasteiger partial charge in [0.1, 0.15) is 11.3 Å². The molecule has 0 aliphatic heterocycles. The maximum absolute atomic E-state index is 5.40. The van der Waals surface area contributed by atoms with Gasteiger partial charge in [0.2, 0.25) is 5.82 Å². The SMILES string of the molecule is CCCCCCn1cnc(C(N)=S)n1. The number of aromatic nitrogens is 3. The summed E-state index contributed by atoms with van der Waals surface area (Å²) in [5, 5.41) is 4.15. The van der Waals surface area contributed by atoms with E-state index >= 15 is 0 Å². The highest BCUT2D eigenvalue weighted by Crippen LogP contribution is 2.01.